The Morgan fingerprint density at radius 1 is 1.46 bits per heavy atom. The number of nitro benzene ring substituents is 1. The molecular formula is C17H20N4O5. The number of H-pyrrole nitrogens is 1. The number of esters is 1. The molecule has 1 atom stereocenters. The lowest BCUT2D eigenvalue weighted by Gasteiger charge is -2.34. The summed E-state index contributed by atoms with van der Waals surface area (Å²) in [6, 6.07) is 4.21. The fourth-order valence-electron chi connectivity index (χ4n) is 3.29. The molecule has 26 heavy (non-hydrogen) atoms. The van der Waals surface area contributed by atoms with Crippen LogP contribution in [0, 0.1) is 16.0 Å². The highest BCUT2D eigenvalue weighted by molar-refractivity contribution is 5.91. The van der Waals surface area contributed by atoms with Crippen LogP contribution in [0.4, 0.5) is 11.4 Å². The van der Waals surface area contributed by atoms with Crippen molar-refractivity contribution in [1.29, 1.82) is 0 Å². The number of carbonyl (C=O) groups excluding carboxylic acids is 1. The molecule has 9 nitrogen and oxygen atoms in total. The standard InChI is InChI=1S/C17H20N4O5/c1-26-17(23)12-2-3-13(21(24)25)14(10-12)20-8-4-11(5-9-20)15(22)16-18-6-7-19-16/h2-3,6-7,10-11,15,22H,4-5,8-9H2,1H3,(H,18,19). The lowest BCUT2D eigenvalue weighted by atomic mass is 9.90. The molecule has 3 rings (SSSR count). The van der Waals surface area contributed by atoms with Crippen molar-refractivity contribution in [3.63, 3.8) is 0 Å². The number of anilines is 1. The number of rotatable bonds is 5. The average Bonchev–Trinajstić information content (AvgIpc) is 3.21. The summed E-state index contributed by atoms with van der Waals surface area (Å²) in [6.45, 7) is 1.07. The highest BCUT2D eigenvalue weighted by Gasteiger charge is 2.30. The Balaban J connectivity index is 1.77. The van der Waals surface area contributed by atoms with Crippen molar-refractivity contribution >= 4 is 17.3 Å². The first-order chi connectivity index (χ1) is 12.5. The van der Waals surface area contributed by atoms with Gasteiger partial charge < -0.3 is 19.7 Å². The third-order valence-electron chi connectivity index (χ3n) is 4.72. The number of hydrogen-bond donors (Lipinski definition) is 2. The molecule has 2 aromatic rings. The van der Waals surface area contributed by atoms with Crippen molar-refractivity contribution < 1.29 is 19.6 Å². The largest absolute Gasteiger partial charge is 0.465 e. The van der Waals surface area contributed by atoms with Gasteiger partial charge in [-0.1, -0.05) is 0 Å². The quantitative estimate of drug-likeness (QED) is 0.475. The minimum absolute atomic E-state index is 0.0141. The number of methoxy groups -OCH3 is 1. The van der Waals surface area contributed by atoms with Gasteiger partial charge in [0.05, 0.1) is 17.6 Å². The van der Waals surface area contributed by atoms with E-state index < -0.39 is 17.0 Å². The number of aliphatic hydroxyl groups excluding tert-OH is 1. The highest BCUT2D eigenvalue weighted by Crippen LogP contribution is 2.35. The van der Waals surface area contributed by atoms with Gasteiger partial charge in [-0.25, -0.2) is 9.78 Å². The maximum absolute atomic E-state index is 11.7. The van der Waals surface area contributed by atoms with Crippen LogP contribution < -0.4 is 4.90 Å². The van der Waals surface area contributed by atoms with E-state index >= 15 is 0 Å². The van der Waals surface area contributed by atoms with Crippen LogP contribution in [0.25, 0.3) is 0 Å². The smallest absolute Gasteiger partial charge is 0.337 e. The van der Waals surface area contributed by atoms with E-state index in [4.69, 9.17) is 4.74 Å². The highest BCUT2D eigenvalue weighted by atomic mass is 16.6. The molecule has 2 heterocycles. The zero-order chi connectivity index (χ0) is 18.7. The summed E-state index contributed by atoms with van der Waals surface area (Å²) in [7, 11) is 1.27. The second-order valence-electron chi connectivity index (χ2n) is 6.20. The van der Waals surface area contributed by atoms with Crippen molar-refractivity contribution in [2.24, 2.45) is 5.92 Å². The van der Waals surface area contributed by atoms with Crippen molar-refractivity contribution in [1.82, 2.24) is 9.97 Å². The van der Waals surface area contributed by atoms with Gasteiger partial charge in [-0.05, 0) is 30.9 Å². The SMILES string of the molecule is COC(=O)c1ccc([N+](=O)[O-])c(N2CCC(C(O)c3ncc[nH]3)CC2)c1. The summed E-state index contributed by atoms with van der Waals surface area (Å²) in [5.74, 6) is 0.00615. The minimum Gasteiger partial charge on any atom is -0.465 e. The van der Waals surface area contributed by atoms with E-state index in [9.17, 15) is 20.0 Å². The van der Waals surface area contributed by atoms with Gasteiger partial charge in [0.15, 0.2) is 0 Å². The molecule has 0 spiro atoms. The number of benzene rings is 1. The van der Waals surface area contributed by atoms with Crippen molar-refractivity contribution in [2.45, 2.75) is 18.9 Å². The predicted molar refractivity (Wildman–Crippen MR) is 92.9 cm³/mol. The van der Waals surface area contributed by atoms with Gasteiger partial charge in [-0.15, -0.1) is 0 Å². The summed E-state index contributed by atoms with van der Waals surface area (Å²) in [4.78, 5) is 31.5. The number of piperidine rings is 1. The Hall–Kier alpha value is -2.94. The van der Waals surface area contributed by atoms with E-state index in [1.807, 2.05) is 4.90 Å². The molecule has 1 unspecified atom stereocenters. The Kier molecular flexibility index (Phi) is 5.17. The van der Waals surface area contributed by atoms with Crippen LogP contribution in [0.3, 0.4) is 0 Å². The fraction of sp³-hybridized carbons (Fsp3) is 0.412. The second kappa shape index (κ2) is 7.52. The van der Waals surface area contributed by atoms with Crippen LogP contribution in [0.5, 0.6) is 0 Å². The number of hydrogen-bond acceptors (Lipinski definition) is 7. The first-order valence-electron chi connectivity index (χ1n) is 8.30. The van der Waals surface area contributed by atoms with Crippen molar-refractivity contribution in [3.8, 4) is 0 Å². The van der Waals surface area contributed by atoms with Gasteiger partial charge in [-0.2, -0.15) is 0 Å². The number of imidazole rings is 1. The zero-order valence-corrected chi connectivity index (χ0v) is 14.3. The molecule has 0 radical (unpaired) electrons. The fourth-order valence-corrected chi connectivity index (χ4v) is 3.29. The predicted octanol–water partition coefficient (Wildman–Crippen LogP) is 2.05. The lowest BCUT2D eigenvalue weighted by molar-refractivity contribution is -0.384. The zero-order valence-electron chi connectivity index (χ0n) is 14.3. The van der Waals surface area contributed by atoms with Gasteiger partial charge >= 0.3 is 5.97 Å². The van der Waals surface area contributed by atoms with Crippen LogP contribution in [0.1, 0.15) is 35.1 Å². The summed E-state index contributed by atoms with van der Waals surface area (Å²) in [5, 5.41) is 21.8. The van der Waals surface area contributed by atoms with Gasteiger partial charge in [0.2, 0.25) is 0 Å². The Bertz CT molecular complexity index is 784. The molecule has 1 aliphatic rings. The monoisotopic (exact) mass is 360 g/mol. The minimum atomic E-state index is -0.691. The third-order valence-corrected chi connectivity index (χ3v) is 4.72. The summed E-state index contributed by atoms with van der Waals surface area (Å²) >= 11 is 0. The Labute approximate surface area is 149 Å². The van der Waals surface area contributed by atoms with Gasteiger partial charge in [0.1, 0.15) is 17.6 Å². The first-order valence-corrected chi connectivity index (χ1v) is 8.30. The maximum atomic E-state index is 11.7. The molecule has 2 N–H and O–H groups in total. The second-order valence-corrected chi connectivity index (χ2v) is 6.20. The van der Waals surface area contributed by atoms with Crippen LogP contribution in [-0.4, -0.2) is 46.2 Å². The topological polar surface area (TPSA) is 122 Å². The van der Waals surface area contributed by atoms with E-state index in [2.05, 4.69) is 9.97 Å². The van der Waals surface area contributed by atoms with E-state index in [1.165, 1.54) is 25.3 Å². The summed E-state index contributed by atoms with van der Waals surface area (Å²) < 4.78 is 4.70. The van der Waals surface area contributed by atoms with Crippen LogP contribution in [0.2, 0.25) is 0 Å². The number of nitrogens with one attached hydrogen (secondary N) is 1. The molecule has 1 aromatic heterocycles. The number of aliphatic hydroxyl groups is 1. The number of nitro groups is 1. The lowest BCUT2D eigenvalue weighted by Crippen LogP contribution is -2.36. The molecule has 0 saturated carbocycles. The molecule has 0 bridgehead atoms. The molecular weight excluding hydrogens is 340 g/mol. The molecule has 1 saturated heterocycles. The molecule has 1 fully saturated rings. The molecule has 0 aliphatic carbocycles. The normalized spacial score (nSPS) is 16.3. The molecule has 9 heteroatoms. The van der Waals surface area contributed by atoms with Gasteiger partial charge in [-0.3, -0.25) is 10.1 Å². The number of carbonyl (C=O) groups is 1. The van der Waals surface area contributed by atoms with Crippen LogP contribution in [-0.2, 0) is 4.74 Å². The van der Waals surface area contributed by atoms with E-state index in [1.54, 1.807) is 12.4 Å². The van der Waals surface area contributed by atoms with Crippen LogP contribution in [0.15, 0.2) is 30.6 Å². The number of aromatic amines is 1. The number of aromatic nitrogens is 2. The Morgan fingerprint density at radius 2 is 2.19 bits per heavy atom. The summed E-state index contributed by atoms with van der Waals surface area (Å²) in [6.07, 6.45) is 3.87. The Morgan fingerprint density at radius 3 is 2.77 bits per heavy atom. The number of nitrogens with zero attached hydrogens (tertiary/aromatic N) is 3. The van der Waals surface area contributed by atoms with Crippen molar-refractivity contribution in [2.75, 3.05) is 25.1 Å². The maximum Gasteiger partial charge on any atom is 0.337 e. The first kappa shape index (κ1) is 17.9. The van der Waals surface area contributed by atoms with E-state index in [-0.39, 0.29) is 17.2 Å². The molecule has 1 aromatic carbocycles. The van der Waals surface area contributed by atoms with Crippen LogP contribution >= 0.6 is 0 Å². The molecule has 1 aliphatic heterocycles. The average molecular weight is 360 g/mol. The van der Waals surface area contributed by atoms with E-state index in [0.717, 1.165) is 0 Å². The number of ether oxygens (including phenoxy) is 1. The van der Waals surface area contributed by atoms with Gasteiger partial charge in [0, 0.05) is 31.5 Å². The third kappa shape index (κ3) is 3.52. The molecule has 138 valence electrons. The molecule has 0 amide bonds. The summed E-state index contributed by atoms with van der Waals surface area (Å²) in [5.41, 5.74) is 0.609. The van der Waals surface area contributed by atoms with Gasteiger partial charge in [0.25, 0.3) is 5.69 Å². The van der Waals surface area contributed by atoms with E-state index in [0.29, 0.717) is 37.4 Å². The van der Waals surface area contributed by atoms with Crippen molar-refractivity contribution in [3.05, 3.63) is 52.1 Å².